The van der Waals surface area contributed by atoms with Gasteiger partial charge in [-0.15, -0.1) is 0 Å². The first kappa shape index (κ1) is 32.0. The number of rotatable bonds is 5. The number of fused-ring (bicyclic) bond motifs is 6. The third-order valence-electron chi connectivity index (χ3n) is 13.8. The minimum absolute atomic E-state index is 0.187. The summed E-state index contributed by atoms with van der Waals surface area (Å²) >= 11 is 0. The van der Waals surface area contributed by atoms with Gasteiger partial charge in [-0.05, 0) is 131 Å². The second-order valence-electron chi connectivity index (χ2n) is 17.8. The van der Waals surface area contributed by atoms with Crippen LogP contribution in [0.5, 0.6) is 11.5 Å². The highest BCUT2D eigenvalue weighted by atomic mass is 16.5. The quantitative estimate of drug-likeness (QED) is 0.341. The van der Waals surface area contributed by atoms with Gasteiger partial charge >= 0.3 is 0 Å². The molecular formula is C42H62O2. The predicted octanol–water partition coefficient (Wildman–Crippen LogP) is 11.7. The molecule has 2 aromatic carbocycles. The van der Waals surface area contributed by atoms with Crippen LogP contribution in [0.25, 0.3) is 11.1 Å². The van der Waals surface area contributed by atoms with E-state index in [2.05, 4.69) is 81.4 Å². The summed E-state index contributed by atoms with van der Waals surface area (Å²) < 4.78 is 13.0. The Morgan fingerprint density at radius 3 is 1.27 bits per heavy atom. The third kappa shape index (κ3) is 4.53. The lowest BCUT2D eigenvalue weighted by Crippen LogP contribution is -2.48. The highest BCUT2D eigenvalue weighted by Gasteiger charge is 2.52. The van der Waals surface area contributed by atoms with E-state index in [0.29, 0.717) is 34.5 Å². The van der Waals surface area contributed by atoms with Gasteiger partial charge in [0.1, 0.15) is 11.5 Å². The van der Waals surface area contributed by atoms with Crippen LogP contribution >= 0.6 is 0 Å². The average molecular weight is 599 g/mol. The molecule has 6 rings (SSSR count). The maximum atomic E-state index is 6.52. The predicted molar refractivity (Wildman–Crippen MR) is 187 cm³/mol. The van der Waals surface area contributed by atoms with Gasteiger partial charge in [-0.3, -0.25) is 0 Å². The molecule has 2 heteroatoms. The van der Waals surface area contributed by atoms with Crippen molar-refractivity contribution in [2.75, 3.05) is 14.2 Å². The first-order valence-corrected chi connectivity index (χ1v) is 18.1. The first-order chi connectivity index (χ1) is 20.6. The van der Waals surface area contributed by atoms with Crippen molar-refractivity contribution in [3.05, 3.63) is 45.5 Å². The lowest BCUT2D eigenvalue weighted by Gasteiger charge is -2.55. The van der Waals surface area contributed by atoms with Crippen molar-refractivity contribution >= 4 is 0 Å². The zero-order valence-corrected chi connectivity index (χ0v) is 30.4. The summed E-state index contributed by atoms with van der Waals surface area (Å²) in [6, 6.07) is 5.21. The average Bonchev–Trinajstić information content (AvgIpc) is 2.94. The third-order valence-corrected chi connectivity index (χ3v) is 13.8. The molecule has 0 N–H and O–H groups in total. The molecular weight excluding hydrogens is 536 g/mol. The number of hydrogen-bond acceptors (Lipinski definition) is 2. The summed E-state index contributed by atoms with van der Waals surface area (Å²) in [6.07, 6.45) is 12.8. The van der Waals surface area contributed by atoms with Gasteiger partial charge in [-0.2, -0.15) is 0 Å². The van der Waals surface area contributed by atoms with E-state index >= 15 is 0 Å². The van der Waals surface area contributed by atoms with Gasteiger partial charge in [0.15, 0.2) is 0 Å². The van der Waals surface area contributed by atoms with Crippen LogP contribution in [0, 0.1) is 22.7 Å². The van der Waals surface area contributed by atoms with Gasteiger partial charge in [0, 0.05) is 22.3 Å². The molecule has 0 radical (unpaired) electrons. The van der Waals surface area contributed by atoms with Crippen LogP contribution in [0.3, 0.4) is 0 Å². The van der Waals surface area contributed by atoms with E-state index in [1.54, 1.807) is 22.3 Å². The number of hydrogen-bond donors (Lipinski definition) is 0. The van der Waals surface area contributed by atoms with Crippen LogP contribution in [0.2, 0.25) is 0 Å². The minimum atomic E-state index is 0.187. The zero-order chi connectivity index (χ0) is 32.0. The summed E-state index contributed by atoms with van der Waals surface area (Å²) in [4.78, 5) is 0. The Morgan fingerprint density at radius 2 is 0.955 bits per heavy atom. The van der Waals surface area contributed by atoms with Crippen LogP contribution in [0.15, 0.2) is 12.1 Å². The minimum Gasteiger partial charge on any atom is -0.496 e. The van der Waals surface area contributed by atoms with E-state index in [9.17, 15) is 0 Å². The Kier molecular flexibility index (Phi) is 7.86. The molecule has 2 saturated carbocycles. The summed E-state index contributed by atoms with van der Waals surface area (Å²) in [6.45, 7) is 24.9. The molecule has 0 unspecified atom stereocenters. The molecule has 0 bridgehead atoms. The first-order valence-electron chi connectivity index (χ1n) is 18.1. The molecule has 0 amide bonds. The Hall–Kier alpha value is -1.96. The molecule has 0 heterocycles. The molecule has 4 aliphatic rings. The van der Waals surface area contributed by atoms with E-state index in [0.717, 1.165) is 24.3 Å². The molecule has 242 valence electrons. The molecule has 4 atom stereocenters. The lowest BCUT2D eigenvalue weighted by molar-refractivity contribution is 0.0402. The molecule has 0 aliphatic heterocycles. The Balaban J connectivity index is 1.69. The largest absolute Gasteiger partial charge is 0.496 e. The molecule has 0 spiro atoms. The maximum Gasteiger partial charge on any atom is 0.130 e. The molecule has 2 fully saturated rings. The van der Waals surface area contributed by atoms with E-state index in [1.165, 1.54) is 73.6 Å². The van der Waals surface area contributed by atoms with Gasteiger partial charge in [-0.25, -0.2) is 0 Å². The second kappa shape index (κ2) is 10.8. The van der Waals surface area contributed by atoms with Crippen LogP contribution in [-0.2, 0) is 23.7 Å². The molecule has 2 aromatic rings. The fourth-order valence-electron chi connectivity index (χ4n) is 12.0. The Labute approximate surface area is 270 Å². The highest BCUT2D eigenvalue weighted by molar-refractivity contribution is 5.83. The zero-order valence-electron chi connectivity index (χ0n) is 30.4. The van der Waals surface area contributed by atoms with E-state index in [4.69, 9.17) is 9.47 Å². The fourth-order valence-corrected chi connectivity index (χ4v) is 12.0. The van der Waals surface area contributed by atoms with Crippen molar-refractivity contribution in [2.24, 2.45) is 22.7 Å². The van der Waals surface area contributed by atoms with Crippen molar-refractivity contribution in [3.63, 3.8) is 0 Å². The molecule has 2 nitrogen and oxygen atoms in total. The summed E-state index contributed by atoms with van der Waals surface area (Å²) in [5.41, 5.74) is 12.9. The standard InChI is InChI=1S/C42H62O2/c1-25(2)35-27-15-17-33-39(5,6)19-13-21-41(33,9)31(27)23-29(37(35)43-11)30-24-32-28(36(26(3)4)38(30)44-12)16-18-34-40(7,8)20-14-22-42(32,34)10/h23-26,33-34H,13-22H2,1-12H3/t33-,34-,41+,42+/m0/s1. The SMILES string of the molecule is COc1c(-c2cc3c(c(C(C)C)c2OC)CC[C@H]2C(C)(C)CCC[C@]32C)cc2c(c1C(C)C)CC[C@H]1C(C)(C)CCC[C@]21C. The maximum absolute atomic E-state index is 6.52. The number of methoxy groups -OCH3 is 2. The number of ether oxygens (including phenoxy) is 2. The summed E-state index contributed by atoms with van der Waals surface area (Å²) in [5, 5.41) is 0. The fraction of sp³-hybridized carbons (Fsp3) is 0.714. The van der Waals surface area contributed by atoms with Gasteiger partial charge < -0.3 is 9.47 Å². The monoisotopic (exact) mass is 598 g/mol. The Morgan fingerprint density at radius 1 is 0.591 bits per heavy atom. The summed E-state index contributed by atoms with van der Waals surface area (Å²) in [5.74, 6) is 4.38. The normalized spacial score (nSPS) is 30.3. The second-order valence-corrected chi connectivity index (χ2v) is 17.8. The van der Waals surface area contributed by atoms with Crippen molar-refractivity contribution in [3.8, 4) is 22.6 Å². The van der Waals surface area contributed by atoms with Gasteiger partial charge in [0.25, 0.3) is 0 Å². The Bertz CT molecular complexity index is 1330. The van der Waals surface area contributed by atoms with E-state index < -0.39 is 0 Å². The van der Waals surface area contributed by atoms with Crippen molar-refractivity contribution in [2.45, 2.75) is 156 Å². The lowest BCUT2D eigenvalue weighted by atomic mass is 9.49. The molecule has 44 heavy (non-hydrogen) atoms. The molecule has 4 aliphatic carbocycles. The van der Waals surface area contributed by atoms with Crippen LogP contribution in [-0.4, -0.2) is 14.2 Å². The van der Waals surface area contributed by atoms with E-state index in [1.807, 2.05) is 14.2 Å². The van der Waals surface area contributed by atoms with Crippen molar-refractivity contribution in [1.82, 2.24) is 0 Å². The smallest absolute Gasteiger partial charge is 0.130 e. The van der Waals surface area contributed by atoms with Gasteiger partial charge in [-0.1, -0.05) is 82.1 Å². The van der Waals surface area contributed by atoms with Crippen molar-refractivity contribution in [1.29, 1.82) is 0 Å². The molecule has 0 aromatic heterocycles. The van der Waals surface area contributed by atoms with E-state index in [-0.39, 0.29) is 10.8 Å². The van der Waals surface area contributed by atoms with Gasteiger partial charge in [0.2, 0.25) is 0 Å². The highest BCUT2D eigenvalue weighted by Crippen LogP contribution is 2.62. The number of benzene rings is 2. The van der Waals surface area contributed by atoms with Crippen LogP contribution in [0.4, 0.5) is 0 Å². The topological polar surface area (TPSA) is 18.5 Å². The summed E-state index contributed by atoms with van der Waals surface area (Å²) in [7, 11) is 3.81. The molecule has 0 saturated heterocycles. The van der Waals surface area contributed by atoms with Gasteiger partial charge in [0.05, 0.1) is 14.2 Å². The van der Waals surface area contributed by atoms with Crippen LogP contribution in [0.1, 0.15) is 166 Å². The van der Waals surface area contributed by atoms with Crippen LogP contribution < -0.4 is 9.47 Å². The van der Waals surface area contributed by atoms with Crippen molar-refractivity contribution < 1.29 is 9.47 Å².